The van der Waals surface area contributed by atoms with Gasteiger partial charge in [0.15, 0.2) is 0 Å². The van der Waals surface area contributed by atoms with Gasteiger partial charge in [0.05, 0.1) is 24.3 Å². The highest BCUT2D eigenvalue weighted by molar-refractivity contribution is 7.90. The van der Waals surface area contributed by atoms with E-state index in [0.717, 1.165) is 17.7 Å². The van der Waals surface area contributed by atoms with Gasteiger partial charge in [0.1, 0.15) is 5.71 Å². The number of halogens is 3. The van der Waals surface area contributed by atoms with Crippen molar-refractivity contribution in [3.63, 3.8) is 0 Å². The number of alkyl halides is 3. The van der Waals surface area contributed by atoms with Crippen molar-refractivity contribution >= 4 is 23.3 Å². The molecule has 0 aliphatic rings. The Kier molecular flexibility index (Phi) is 7.37. The summed E-state index contributed by atoms with van der Waals surface area (Å²) >= 11 is 0. The zero-order chi connectivity index (χ0) is 19.3. The maximum Gasteiger partial charge on any atom is 0.430 e. The summed E-state index contributed by atoms with van der Waals surface area (Å²) in [5, 5.41) is 0. The largest absolute Gasteiger partial charge is 0.430 e. The minimum Gasteiger partial charge on any atom is -0.309 e. The second-order valence-electron chi connectivity index (χ2n) is 4.93. The maximum atomic E-state index is 13.2. The summed E-state index contributed by atoms with van der Waals surface area (Å²) < 4.78 is 88.7. The lowest BCUT2D eigenvalue weighted by molar-refractivity contribution is -0.0591. The van der Waals surface area contributed by atoms with Crippen LogP contribution in [0.4, 0.5) is 13.2 Å². The molecule has 0 N–H and O–H groups in total. The molecule has 0 fully saturated rings. The number of aryl methyl sites for hydroxylation is 1. The number of hydrogen-bond donors (Lipinski definition) is 0. The Morgan fingerprint density at radius 1 is 1.12 bits per heavy atom. The first-order chi connectivity index (χ1) is 11.4. The van der Waals surface area contributed by atoms with Crippen molar-refractivity contribution in [3.05, 3.63) is 29.8 Å². The van der Waals surface area contributed by atoms with Crippen molar-refractivity contribution in [1.29, 1.82) is 0 Å². The molecule has 0 aliphatic carbocycles. The van der Waals surface area contributed by atoms with Gasteiger partial charge in [0, 0.05) is 0 Å². The lowest BCUT2D eigenvalue weighted by atomic mass is 10.2. The molecule has 0 aliphatic heterocycles. The number of nitrogens with zero attached hydrogens (tertiary/aromatic N) is 1. The Bertz CT molecular complexity index is 750. The molecule has 6 nitrogen and oxygen atoms in total. The first-order valence-electron chi connectivity index (χ1n) is 7.29. The predicted octanol–water partition coefficient (Wildman–Crippen LogP) is 3.95. The van der Waals surface area contributed by atoms with Gasteiger partial charge in [-0.1, -0.05) is 17.7 Å². The van der Waals surface area contributed by atoms with E-state index in [1.165, 1.54) is 26.0 Å². The van der Waals surface area contributed by atoms with Gasteiger partial charge < -0.3 is 9.05 Å². The van der Waals surface area contributed by atoms with Crippen molar-refractivity contribution in [2.75, 3.05) is 19.4 Å². The first kappa shape index (κ1) is 21.8. The van der Waals surface area contributed by atoms with Gasteiger partial charge in [0.2, 0.25) is 0 Å². The number of benzene rings is 1. The van der Waals surface area contributed by atoms with E-state index in [2.05, 4.69) is 4.40 Å². The van der Waals surface area contributed by atoms with Crippen molar-refractivity contribution < 1.29 is 35.2 Å². The van der Waals surface area contributed by atoms with E-state index in [4.69, 9.17) is 9.05 Å². The third kappa shape index (κ3) is 6.54. The van der Waals surface area contributed by atoms with Gasteiger partial charge in [-0.15, -0.1) is 0 Å². The Labute approximate surface area is 144 Å². The molecule has 0 saturated carbocycles. The molecule has 0 atom stereocenters. The smallest absolute Gasteiger partial charge is 0.309 e. The molecular weight excluding hydrogens is 382 g/mol. The van der Waals surface area contributed by atoms with Crippen molar-refractivity contribution in [2.45, 2.75) is 31.8 Å². The van der Waals surface area contributed by atoms with Crippen molar-refractivity contribution in [3.8, 4) is 0 Å². The molecular formula is C14H19F3NO5PS. The van der Waals surface area contributed by atoms with Crippen LogP contribution in [-0.4, -0.2) is 39.7 Å². The van der Waals surface area contributed by atoms with Gasteiger partial charge in [-0.05, 0) is 32.9 Å². The van der Waals surface area contributed by atoms with Crippen molar-refractivity contribution in [2.24, 2.45) is 4.40 Å². The second kappa shape index (κ2) is 8.44. The van der Waals surface area contributed by atoms with E-state index >= 15 is 0 Å². The lowest BCUT2D eigenvalue weighted by Crippen LogP contribution is -2.28. The molecule has 25 heavy (non-hydrogen) atoms. The quantitative estimate of drug-likeness (QED) is 0.487. The molecule has 11 heteroatoms. The fourth-order valence-corrected chi connectivity index (χ4v) is 4.58. The number of sulfonamides is 1. The van der Waals surface area contributed by atoms with Crippen LogP contribution in [0.1, 0.15) is 19.4 Å². The zero-order valence-corrected chi connectivity index (χ0v) is 15.6. The fourth-order valence-electron chi connectivity index (χ4n) is 1.78. The topological polar surface area (TPSA) is 82.0 Å². The summed E-state index contributed by atoms with van der Waals surface area (Å²) in [6.07, 6.45) is -6.40. The molecule has 0 aromatic heterocycles. The molecule has 1 aromatic rings. The monoisotopic (exact) mass is 401 g/mol. The average molecular weight is 401 g/mol. The summed E-state index contributed by atoms with van der Waals surface area (Å²) in [5.41, 5.74) is -1.01. The molecule has 0 unspecified atom stereocenters. The Morgan fingerprint density at radius 3 is 2.00 bits per heavy atom. The van der Waals surface area contributed by atoms with Crippen LogP contribution < -0.4 is 0 Å². The third-order valence-corrected chi connectivity index (χ3v) is 6.19. The van der Waals surface area contributed by atoms with Gasteiger partial charge in [-0.25, -0.2) is 0 Å². The Balaban J connectivity index is 3.33. The van der Waals surface area contributed by atoms with E-state index in [0.29, 0.717) is 0 Å². The molecule has 0 heterocycles. The molecule has 0 radical (unpaired) electrons. The van der Waals surface area contributed by atoms with Crippen LogP contribution >= 0.6 is 7.60 Å². The summed E-state index contributed by atoms with van der Waals surface area (Å²) in [6, 6.07) is 5.15. The van der Waals surface area contributed by atoms with Crippen molar-refractivity contribution in [1.82, 2.24) is 0 Å². The molecule has 0 saturated heterocycles. The van der Waals surface area contributed by atoms with E-state index in [9.17, 15) is 26.2 Å². The lowest BCUT2D eigenvalue weighted by Gasteiger charge is -2.19. The van der Waals surface area contributed by atoms with Gasteiger partial charge >= 0.3 is 13.8 Å². The van der Waals surface area contributed by atoms with Gasteiger partial charge in [-0.2, -0.15) is 26.0 Å². The Morgan fingerprint density at radius 2 is 1.60 bits per heavy atom. The highest BCUT2D eigenvalue weighted by Crippen LogP contribution is 2.49. The molecule has 0 spiro atoms. The third-order valence-electron chi connectivity index (χ3n) is 2.87. The summed E-state index contributed by atoms with van der Waals surface area (Å²) in [5.74, 6) is 0. The second-order valence-corrected chi connectivity index (χ2v) is 8.59. The van der Waals surface area contributed by atoms with Crippen LogP contribution in [-0.2, 0) is 23.6 Å². The van der Waals surface area contributed by atoms with E-state index in [1.807, 2.05) is 0 Å². The average Bonchev–Trinajstić information content (AvgIpc) is 2.46. The van der Waals surface area contributed by atoms with E-state index in [1.54, 1.807) is 6.92 Å². The normalized spacial score (nSPS) is 13.9. The fraction of sp³-hybridized carbons (Fsp3) is 0.500. The minimum atomic E-state index is -5.11. The van der Waals surface area contributed by atoms with Crippen LogP contribution in [0.5, 0.6) is 0 Å². The number of hydrogen-bond acceptors (Lipinski definition) is 5. The zero-order valence-electron chi connectivity index (χ0n) is 13.9. The van der Waals surface area contributed by atoms with E-state index in [-0.39, 0.29) is 13.2 Å². The van der Waals surface area contributed by atoms with Gasteiger partial charge in [-0.3, -0.25) is 4.57 Å². The standard InChI is InChI=1S/C14H19F3NO5PS/c1-4-22-24(19,23-5-2)10-13(14(15,16)17)18-25(20,21)12-8-6-11(3)7-9-12/h6-9H,4-5,10H2,1-3H3/b18-13-. The number of rotatable bonds is 8. The minimum absolute atomic E-state index is 0.160. The molecule has 0 bridgehead atoms. The first-order valence-corrected chi connectivity index (χ1v) is 10.5. The highest BCUT2D eigenvalue weighted by Gasteiger charge is 2.43. The van der Waals surface area contributed by atoms with Crippen LogP contribution in [0, 0.1) is 6.92 Å². The van der Waals surface area contributed by atoms with Crippen LogP contribution in [0.3, 0.4) is 0 Å². The Hall–Kier alpha value is -1.22. The van der Waals surface area contributed by atoms with E-state index < -0.39 is 40.6 Å². The molecule has 1 rings (SSSR count). The highest BCUT2D eigenvalue weighted by atomic mass is 32.2. The SMILES string of the molecule is CCOP(=O)(C/C(=N/S(=O)(=O)c1ccc(C)cc1)C(F)(F)F)OCC. The van der Waals surface area contributed by atoms with Crippen LogP contribution in [0.2, 0.25) is 0 Å². The molecule has 1 aromatic carbocycles. The predicted molar refractivity (Wildman–Crippen MR) is 87.6 cm³/mol. The molecule has 0 amide bonds. The van der Waals surface area contributed by atoms with Crippen LogP contribution in [0.25, 0.3) is 0 Å². The van der Waals surface area contributed by atoms with Gasteiger partial charge in [0.25, 0.3) is 10.0 Å². The maximum absolute atomic E-state index is 13.2. The summed E-state index contributed by atoms with van der Waals surface area (Å²) in [7, 11) is -8.80. The summed E-state index contributed by atoms with van der Waals surface area (Å²) in [6.45, 7) is 4.24. The molecule has 142 valence electrons. The van der Waals surface area contributed by atoms with Crippen LogP contribution in [0.15, 0.2) is 33.6 Å². The summed E-state index contributed by atoms with van der Waals surface area (Å²) in [4.78, 5) is -0.400.